The average molecular weight is 274 g/mol. The summed E-state index contributed by atoms with van der Waals surface area (Å²) >= 11 is 0. The van der Waals surface area contributed by atoms with E-state index in [-0.39, 0.29) is 5.91 Å². The van der Waals surface area contributed by atoms with Crippen molar-refractivity contribution >= 4 is 22.6 Å². The van der Waals surface area contributed by atoms with Crippen LogP contribution in [0, 0.1) is 6.92 Å². The number of hydrogen-bond acceptors (Lipinski definition) is 5. The molecule has 1 N–H and O–H groups in total. The molecular formula is C14H18N4O2. The van der Waals surface area contributed by atoms with Crippen molar-refractivity contribution in [2.75, 3.05) is 11.9 Å². The van der Waals surface area contributed by atoms with Gasteiger partial charge in [-0.25, -0.2) is 9.97 Å². The number of nitrogens with zero attached hydrogens (tertiary/aromatic N) is 3. The van der Waals surface area contributed by atoms with Crippen LogP contribution in [0.5, 0.6) is 5.88 Å². The summed E-state index contributed by atoms with van der Waals surface area (Å²) in [4.78, 5) is 23.9. The molecule has 106 valence electrons. The standard InChI is InChI=1S/C14H18N4O2/c1-4-5-6-20-14-11-8-15-13(18-10(3)19)7-12(11)16-9(2)17-14/h7-8H,4-6H2,1-3H3,(H,15,18,19). The highest BCUT2D eigenvalue weighted by Crippen LogP contribution is 2.23. The van der Waals surface area contributed by atoms with Gasteiger partial charge in [-0.2, -0.15) is 4.98 Å². The molecule has 0 aromatic carbocycles. The quantitative estimate of drug-likeness (QED) is 0.847. The first-order valence-electron chi connectivity index (χ1n) is 6.65. The predicted molar refractivity (Wildman–Crippen MR) is 76.8 cm³/mol. The van der Waals surface area contributed by atoms with Gasteiger partial charge in [0.2, 0.25) is 11.8 Å². The van der Waals surface area contributed by atoms with Crippen molar-refractivity contribution in [1.82, 2.24) is 15.0 Å². The number of unbranched alkanes of at least 4 members (excludes halogenated alkanes) is 1. The van der Waals surface area contributed by atoms with E-state index >= 15 is 0 Å². The number of pyridine rings is 1. The largest absolute Gasteiger partial charge is 0.477 e. The summed E-state index contributed by atoms with van der Waals surface area (Å²) in [7, 11) is 0. The maximum absolute atomic E-state index is 11.0. The van der Waals surface area contributed by atoms with Gasteiger partial charge in [0.1, 0.15) is 11.6 Å². The van der Waals surface area contributed by atoms with E-state index in [0.29, 0.717) is 29.6 Å². The summed E-state index contributed by atoms with van der Waals surface area (Å²) in [6, 6.07) is 1.72. The van der Waals surface area contributed by atoms with Crippen LogP contribution in [0.15, 0.2) is 12.3 Å². The third-order valence-electron chi connectivity index (χ3n) is 2.70. The second kappa shape index (κ2) is 6.27. The number of carbonyl (C=O) groups is 1. The Kier molecular flexibility index (Phi) is 4.45. The predicted octanol–water partition coefficient (Wildman–Crippen LogP) is 2.47. The normalized spacial score (nSPS) is 10.6. The van der Waals surface area contributed by atoms with Gasteiger partial charge >= 0.3 is 0 Å². The molecule has 1 amide bonds. The Hall–Kier alpha value is -2.24. The van der Waals surface area contributed by atoms with E-state index in [1.54, 1.807) is 12.3 Å². The van der Waals surface area contributed by atoms with E-state index in [9.17, 15) is 4.79 Å². The minimum absolute atomic E-state index is 0.165. The summed E-state index contributed by atoms with van der Waals surface area (Å²) in [6.45, 7) is 5.98. The van der Waals surface area contributed by atoms with E-state index in [2.05, 4.69) is 27.2 Å². The van der Waals surface area contributed by atoms with Crippen molar-refractivity contribution < 1.29 is 9.53 Å². The third kappa shape index (κ3) is 3.40. The molecule has 0 aliphatic carbocycles. The SMILES string of the molecule is CCCCOc1nc(C)nc2cc(NC(C)=O)ncc12. The lowest BCUT2D eigenvalue weighted by molar-refractivity contribution is -0.114. The van der Waals surface area contributed by atoms with Crippen LogP contribution in [0.4, 0.5) is 5.82 Å². The summed E-state index contributed by atoms with van der Waals surface area (Å²) < 4.78 is 5.68. The molecule has 0 saturated carbocycles. The molecule has 0 saturated heterocycles. The van der Waals surface area contributed by atoms with Crippen LogP contribution in [0.1, 0.15) is 32.5 Å². The molecule has 2 aromatic rings. The van der Waals surface area contributed by atoms with Crippen molar-refractivity contribution in [3.8, 4) is 5.88 Å². The number of carbonyl (C=O) groups excluding carboxylic acids is 1. The number of hydrogen-bond donors (Lipinski definition) is 1. The Morgan fingerprint density at radius 2 is 2.20 bits per heavy atom. The second-order valence-electron chi connectivity index (χ2n) is 4.55. The van der Waals surface area contributed by atoms with Gasteiger partial charge in [-0.05, 0) is 13.3 Å². The zero-order valence-corrected chi connectivity index (χ0v) is 11.9. The van der Waals surface area contributed by atoms with Crippen molar-refractivity contribution in [2.24, 2.45) is 0 Å². The maximum Gasteiger partial charge on any atom is 0.226 e. The van der Waals surface area contributed by atoms with Crippen LogP contribution < -0.4 is 10.1 Å². The fraction of sp³-hybridized carbons (Fsp3) is 0.429. The van der Waals surface area contributed by atoms with E-state index in [0.717, 1.165) is 18.2 Å². The van der Waals surface area contributed by atoms with Crippen molar-refractivity contribution in [3.05, 3.63) is 18.1 Å². The van der Waals surface area contributed by atoms with Gasteiger partial charge in [-0.1, -0.05) is 13.3 Å². The number of nitrogens with one attached hydrogen (secondary N) is 1. The highest BCUT2D eigenvalue weighted by Gasteiger charge is 2.09. The van der Waals surface area contributed by atoms with Gasteiger partial charge < -0.3 is 10.1 Å². The van der Waals surface area contributed by atoms with Crippen molar-refractivity contribution in [3.63, 3.8) is 0 Å². The Bertz CT molecular complexity index is 628. The lowest BCUT2D eigenvalue weighted by Crippen LogP contribution is -2.08. The molecule has 0 aliphatic heterocycles. The van der Waals surface area contributed by atoms with Crippen LogP contribution >= 0.6 is 0 Å². The van der Waals surface area contributed by atoms with Crippen molar-refractivity contribution in [1.29, 1.82) is 0 Å². The number of aromatic nitrogens is 3. The first-order valence-corrected chi connectivity index (χ1v) is 6.65. The van der Waals surface area contributed by atoms with Crippen LogP contribution in [0.2, 0.25) is 0 Å². The zero-order chi connectivity index (χ0) is 14.5. The highest BCUT2D eigenvalue weighted by atomic mass is 16.5. The van der Waals surface area contributed by atoms with Crippen LogP contribution in [-0.2, 0) is 4.79 Å². The lowest BCUT2D eigenvalue weighted by atomic mass is 10.3. The van der Waals surface area contributed by atoms with Gasteiger partial charge in [-0.3, -0.25) is 4.79 Å². The summed E-state index contributed by atoms with van der Waals surface area (Å²) in [6.07, 6.45) is 3.66. The number of amides is 1. The highest BCUT2D eigenvalue weighted by molar-refractivity contribution is 5.91. The molecule has 0 atom stereocenters. The third-order valence-corrected chi connectivity index (χ3v) is 2.70. The first kappa shape index (κ1) is 14.2. The number of fused-ring (bicyclic) bond motifs is 1. The van der Waals surface area contributed by atoms with E-state index in [1.807, 2.05) is 6.92 Å². The molecule has 0 aliphatic rings. The molecule has 0 unspecified atom stereocenters. The fourth-order valence-corrected chi connectivity index (χ4v) is 1.78. The topological polar surface area (TPSA) is 77.0 Å². The molecule has 6 nitrogen and oxygen atoms in total. The first-order chi connectivity index (χ1) is 9.60. The van der Waals surface area contributed by atoms with Crippen molar-refractivity contribution in [2.45, 2.75) is 33.6 Å². The molecule has 20 heavy (non-hydrogen) atoms. The van der Waals surface area contributed by atoms with Crippen LogP contribution in [-0.4, -0.2) is 27.5 Å². The van der Waals surface area contributed by atoms with E-state index in [1.165, 1.54) is 6.92 Å². The molecule has 0 bridgehead atoms. The molecule has 2 aromatic heterocycles. The van der Waals surface area contributed by atoms with Gasteiger partial charge in [0.15, 0.2) is 0 Å². The molecular weight excluding hydrogens is 256 g/mol. The van der Waals surface area contributed by atoms with E-state index < -0.39 is 0 Å². The lowest BCUT2D eigenvalue weighted by Gasteiger charge is -2.09. The van der Waals surface area contributed by atoms with Crippen LogP contribution in [0.25, 0.3) is 10.9 Å². The Balaban J connectivity index is 2.36. The molecule has 2 heterocycles. The number of rotatable bonds is 5. The summed E-state index contributed by atoms with van der Waals surface area (Å²) in [5, 5.41) is 3.39. The fourth-order valence-electron chi connectivity index (χ4n) is 1.78. The van der Waals surface area contributed by atoms with Crippen LogP contribution in [0.3, 0.4) is 0 Å². The molecule has 0 fully saturated rings. The minimum atomic E-state index is -0.165. The van der Waals surface area contributed by atoms with Gasteiger partial charge in [0, 0.05) is 19.2 Å². The minimum Gasteiger partial charge on any atom is -0.477 e. The van der Waals surface area contributed by atoms with E-state index in [4.69, 9.17) is 4.74 Å². The monoisotopic (exact) mass is 274 g/mol. The second-order valence-corrected chi connectivity index (χ2v) is 4.55. The number of aryl methyl sites for hydroxylation is 1. The van der Waals surface area contributed by atoms with Gasteiger partial charge in [0.25, 0.3) is 0 Å². The Labute approximate surface area is 117 Å². The summed E-state index contributed by atoms with van der Waals surface area (Å²) in [5.41, 5.74) is 0.711. The molecule has 2 rings (SSSR count). The zero-order valence-electron chi connectivity index (χ0n) is 11.9. The summed E-state index contributed by atoms with van der Waals surface area (Å²) in [5.74, 6) is 1.48. The smallest absolute Gasteiger partial charge is 0.226 e. The maximum atomic E-state index is 11.0. The number of ether oxygens (including phenoxy) is 1. The van der Waals surface area contributed by atoms with Gasteiger partial charge in [-0.15, -0.1) is 0 Å². The van der Waals surface area contributed by atoms with Gasteiger partial charge in [0.05, 0.1) is 17.5 Å². The molecule has 6 heteroatoms. The Morgan fingerprint density at radius 1 is 1.40 bits per heavy atom. The molecule has 0 radical (unpaired) electrons. The average Bonchev–Trinajstić information content (AvgIpc) is 2.37. The Morgan fingerprint density at radius 3 is 2.90 bits per heavy atom. The molecule has 0 spiro atoms. The number of anilines is 1.